The van der Waals surface area contributed by atoms with Crippen molar-refractivity contribution in [2.24, 2.45) is 0 Å². The Balaban J connectivity index is 1.56. The minimum Gasteiger partial charge on any atom is -0.493 e. The number of nitrogens with zero attached hydrogens (tertiary/aromatic N) is 3. The number of fused-ring (bicyclic) bond motifs is 1. The zero-order valence-electron chi connectivity index (χ0n) is 22.4. The molecule has 0 fully saturated rings. The van der Waals surface area contributed by atoms with Gasteiger partial charge in [0.2, 0.25) is 11.1 Å². The highest BCUT2D eigenvalue weighted by molar-refractivity contribution is 9.10. The standard InChI is InChI=1S/C30H29BrClN5O2S/c1-4-14-39-25-13-12-21(31)16-23(25)27-26(28(38)34-22-10-7-8-18(2)15-22)19(3)33-29-35-30(36-37(27)29)40-17-20-9-5-6-11-24(20)32/h5-13,15-16,27H,4,14,17H2,1-3H3,(H,34,38)(H,33,35,36). The zero-order valence-corrected chi connectivity index (χ0v) is 25.5. The molecule has 2 heterocycles. The first kappa shape index (κ1) is 28.3. The second-order valence-corrected chi connectivity index (χ2v) is 11.7. The van der Waals surface area contributed by atoms with Gasteiger partial charge < -0.3 is 15.4 Å². The number of benzene rings is 3. The van der Waals surface area contributed by atoms with Crippen LogP contribution >= 0.6 is 39.3 Å². The van der Waals surface area contributed by atoms with E-state index in [1.807, 2.05) is 80.6 Å². The molecule has 0 saturated heterocycles. The Bertz CT molecular complexity index is 1590. The van der Waals surface area contributed by atoms with Crippen LogP contribution in [0.1, 0.15) is 43.0 Å². The third-order valence-electron chi connectivity index (χ3n) is 6.40. The van der Waals surface area contributed by atoms with Crippen LogP contribution in [0.15, 0.2) is 87.6 Å². The summed E-state index contributed by atoms with van der Waals surface area (Å²) in [7, 11) is 0. The number of anilines is 2. The minimum atomic E-state index is -0.576. The van der Waals surface area contributed by atoms with Crippen LogP contribution in [0.5, 0.6) is 5.75 Å². The largest absolute Gasteiger partial charge is 0.493 e. The number of amides is 1. The maximum absolute atomic E-state index is 13.9. The van der Waals surface area contributed by atoms with Gasteiger partial charge in [-0.15, -0.1) is 5.10 Å². The van der Waals surface area contributed by atoms with E-state index in [4.69, 9.17) is 26.4 Å². The molecule has 1 aliphatic rings. The van der Waals surface area contributed by atoms with Gasteiger partial charge in [-0.05, 0) is 67.8 Å². The summed E-state index contributed by atoms with van der Waals surface area (Å²) in [6.45, 7) is 6.49. The maximum Gasteiger partial charge on any atom is 0.255 e. The van der Waals surface area contributed by atoms with Gasteiger partial charge in [0.1, 0.15) is 11.8 Å². The predicted molar refractivity (Wildman–Crippen MR) is 165 cm³/mol. The van der Waals surface area contributed by atoms with Crippen LogP contribution in [0.3, 0.4) is 0 Å². The number of aryl methyl sites for hydroxylation is 1. The monoisotopic (exact) mass is 637 g/mol. The van der Waals surface area contributed by atoms with Gasteiger partial charge in [-0.3, -0.25) is 4.79 Å². The van der Waals surface area contributed by atoms with Gasteiger partial charge in [-0.1, -0.05) is 76.5 Å². The molecule has 1 amide bonds. The first-order chi connectivity index (χ1) is 19.3. The number of nitrogens with one attached hydrogen (secondary N) is 2. The third-order valence-corrected chi connectivity index (χ3v) is 8.14. The van der Waals surface area contributed by atoms with Gasteiger partial charge in [0.25, 0.3) is 5.91 Å². The van der Waals surface area contributed by atoms with Gasteiger partial charge in [-0.2, -0.15) is 4.98 Å². The maximum atomic E-state index is 13.9. The summed E-state index contributed by atoms with van der Waals surface area (Å²) in [6.07, 6.45) is 0.856. The molecule has 2 N–H and O–H groups in total. The summed E-state index contributed by atoms with van der Waals surface area (Å²) in [6, 6.07) is 20.7. The number of thioether (sulfide) groups is 1. The molecular weight excluding hydrogens is 610 g/mol. The topological polar surface area (TPSA) is 81.1 Å². The van der Waals surface area contributed by atoms with Crippen LogP contribution < -0.4 is 15.4 Å². The van der Waals surface area contributed by atoms with Crippen molar-refractivity contribution in [2.75, 3.05) is 17.2 Å². The Hall–Kier alpha value is -3.27. The van der Waals surface area contributed by atoms with Crippen molar-refractivity contribution in [3.05, 3.63) is 104 Å². The lowest BCUT2D eigenvalue weighted by Gasteiger charge is -2.30. The second kappa shape index (κ2) is 12.5. The zero-order chi connectivity index (χ0) is 28.2. The Morgan fingerprint density at radius 2 is 1.98 bits per heavy atom. The molecule has 1 aromatic heterocycles. The summed E-state index contributed by atoms with van der Waals surface area (Å²) < 4.78 is 8.80. The van der Waals surface area contributed by atoms with Crippen molar-refractivity contribution in [2.45, 2.75) is 44.1 Å². The normalized spacial score (nSPS) is 14.5. The van der Waals surface area contributed by atoms with E-state index in [1.165, 1.54) is 11.8 Å². The fourth-order valence-corrected chi connectivity index (χ4v) is 6.02. The van der Waals surface area contributed by atoms with E-state index in [0.717, 1.165) is 33.3 Å². The van der Waals surface area contributed by atoms with Crippen LogP contribution in [0.2, 0.25) is 5.02 Å². The Morgan fingerprint density at radius 3 is 2.75 bits per heavy atom. The van der Waals surface area contributed by atoms with Crippen molar-refractivity contribution in [1.82, 2.24) is 14.8 Å². The van der Waals surface area contributed by atoms with Crippen molar-refractivity contribution in [3.63, 3.8) is 0 Å². The van der Waals surface area contributed by atoms with Crippen molar-refractivity contribution >= 4 is 56.8 Å². The van der Waals surface area contributed by atoms with Gasteiger partial charge in [0.05, 0.1) is 12.2 Å². The molecule has 7 nitrogen and oxygen atoms in total. The second-order valence-electron chi connectivity index (χ2n) is 9.46. The number of aromatic nitrogens is 3. The number of halogens is 2. The number of ether oxygens (including phenoxy) is 1. The molecule has 10 heteroatoms. The van der Waals surface area contributed by atoms with Crippen molar-refractivity contribution in [1.29, 1.82) is 0 Å². The fraction of sp³-hybridized carbons (Fsp3) is 0.233. The van der Waals surface area contributed by atoms with Crippen LogP contribution in [-0.4, -0.2) is 27.3 Å². The van der Waals surface area contributed by atoms with E-state index in [9.17, 15) is 4.79 Å². The molecule has 0 radical (unpaired) electrons. The number of carbonyl (C=O) groups is 1. The average molecular weight is 639 g/mol. The Kier molecular flexibility index (Phi) is 8.83. The van der Waals surface area contributed by atoms with E-state index < -0.39 is 6.04 Å². The molecule has 0 bridgehead atoms. The number of allylic oxidation sites excluding steroid dienone is 1. The highest BCUT2D eigenvalue weighted by Crippen LogP contribution is 2.41. The summed E-state index contributed by atoms with van der Waals surface area (Å²) in [5.74, 6) is 1.63. The molecule has 0 saturated carbocycles. The van der Waals surface area contributed by atoms with E-state index >= 15 is 0 Å². The van der Waals surface area contributed by atoms with E-state index in [-0.39, 0.29) is 5.91 Å². The highest BCUT2D eigenvalue weighted by atomic mass is 79.9. The molecule has 206 valence electrons. The molecule has 5 rings (SSSR count). The number of hydrogen-bond donors (Lipinski definition) is 2. The number of carbonyl (C=O) groups excluding carboxylic acids is 1. The molecule has 3 aromatic carbocycles. The molecule has 40 heavy (non-hydrogen) atoms. The molecular formula is C30H29BrClN5O2S. The summed E-state index contributed by atoms with van der Waals surface area (Å²) in [5, 5.41) is 12.5. The lowest BCUT2D eigenvalue weighted by molar-refractivity contribution is -0.113. The van der Waals surface area contributed by atoms with Gasteiger partial charge in [0.15, 0.2) is 0 Å². The smallest absolute Gasteiger partial charge is 0.255 e. The highest BCUT2D eigenvalue weighted by Gasteiger charge is 2.36. The van der Waals surface area contributed by atoms with Gasteiger partial charge >= 0.3 is 0 Å². The molecule has 1 aliphatic heterocycles. The lowest BCUT2D eigenvalue weighted by Crippen LogP contribution is -2.31. The number of rotatable bonds is 9. The van der Waals surface area contributed by atoms with Crippen LogP contribution in [-0.2, 0) is 10.5 Å². The Labute approximate surface area is 251 Å². The van der Waals surface area contributed by atoms with E-state index in [1.54, 1.807) is 4.68 Å². The minimum absolute atomic E-state index is 0.228. The summed E-state index contributed by atoms with van der Waals surface area (Å²) in [5.41, 5.74) is 4.82. The molecule has 1 unspecified atom stereocenters. The fourth-order valence-electron chi connectivity index (χ4n) is 4.53. The first-order valence-corrected chi connectivity index (χ1v) is 15.1. The molecule has 0 spiro atoms. The summed E-state index contributed by atoms with van der Waals surface area (Å²) >= 11 is 11.5. The molecule has 0 aliphatic carbocycles. The lowest BCUT2D eigenvalue weighted by atomic mass is 9.94. The number of hydrogen-bond acceptors (Lipinski definition) is 6. The van der Waals surface area contributed by atoms with Crippen molar-refractivity contribution < 1.29 is 9.53 Å². The van der Waals surface area contributed by atoms with Crippen LogP contribution in [0, 0.1) is 6.92 Å². The van der Waals surface area contributed by atoms with E-state index in [0.29, 0.717) is 45.5 Å². The SMILES string of the molecule is CCCOc1ccc(Br)cc1C1C(C(=O)Nc2cccc(C)c2)=C(C)Nc2nc(SCc3ccccc3Cl)nn21. The van der Waals surface area contributed by atoms with Crippen LogP contribution in [0.4, 0.5) is 11.6 Å². The predicted octanol–water partition coefficient (Wildman–Crippen LogP) is 8.01. The Morgan fingerprint density at radius 1 is 1.15 bits per heavy atom. The quantitative estimate of drug-likeness (QED) is 0.181. The average Bonchev–Trinajstić information content (AvgIpc) is 3.33. The van der Waals surface area contributed by atoms with Gasteiger partial charge in [0, 0.05) is 32.2 Å². The van der Waals surface area contributed by atoms with Crippen LogP contribution in [0.25, 0.3) is 0 Å². The molecule has 1 atom stereocenters. The summed E-state index contributed by atoms with van der Waals surface area (Å²) in [4.78, 5) is 18.7. The first-order valence-electron chi connectivity index (χ1n) is 12.9. The van der Waals surface area contributed by atoms with E-state index in [2.05, 4.69) is 33.5 Å². The third kappa shape index (κ3) is 6.22. The molecule has 4 aromatic rings. The van der Waals surface area contributed by atoms with Crippen molar-refractivity contribution in [3.8, 4) is 5.75 Å². The van der Waals surface area contributed by atoms with Gasteiger partial charge in [-0.25, -0.2) is 4.68 Å².